The minimum absolute atomic E-state index is 0. The number of amides is 1. The van der Waals surface area contributed by atoms with Crippen LogP contribution in [0.2, 0.25) is 0 Å². The predicted octanol–water partition coefficient (Wildman–Crippen LogP) is 0.0340. The number of likely N-dealkylation sites (N-methyl/N-ethyl adjacent to an activating group) is 1. The zero-order valence-corrected chi connectivity index (χ0v) is 20.5. The number of nitrogens with two attached hydrogens (primary N) is 2. The number of primary amides is 1. The lowest BCUT2D eigenvalue weighted by Crippen LogP contribution is -2.65. The number of benzene rings is 1. The normalized spacial score (nSPS) is 27.8. The molecule has 0 aliphatic heterocycles. The van der Waals surface area contributed by atoms with E-state index in [-0.39, 0.29) is 42.1 Å². The minimum Gasteiger partial charge on any atom is -0.508 e. The highest BCUT2D eigenvalue weighted by molar-refractivity contribution is 6.24. The molecule has 35 heavy (non-hydrogen) atoms. The summed E-state index contributed by atoms with van der Waals surface area (Å²) < 4.78 is 0. The van der Waals surface area contributed by atoms with Crippen molar-refractivity contribution >= 4 is 47.0 Å². The van der Waals surface area contributed by atoms with Crippen molar-refractivity contribution in [3.8, 4) is 5.75 Å². The third-order valence-corrected chi connectivity index (χ3v) is 7.21. The Hall–Kier alpha value is -3.28. The molecule has 0 radical (unpaired) electrons. The number of phenolic OH excluding ortho intramolecular Hbond substituents is 1. The maximum Gasteiger partial charge on any atom is 0.255 e. The maximum absolute atomic E-state index is 13.7. The number of aliphatic hydroxyl groups excluding tert-OH is 2. The first-order valence-electron chi connectivity index (χ1n) is 10.7. The molecule has 8 N–H and O–H groups in total. The summed E-state index contributed by atoms with van der Waals surface area (Å²) >= 11 is 0. The fourth-order valence-electron chi connectivity index (χ4n) is 5.71. The summed E-state index contributed by atoms with van der Waals surface area (Å²) in [5.41, 5.74) is 8.68. The van der Waals surface area contributed by atoms with Crippen LogP contribution < -0.4 is 16.4 Å². The van der Waals surface area contributed by atoms with Crippen LogP contribution in [0.3, 0.4) is 0 Å². The molecule has 4 atom stereocenters. The molecule has 1 aromatic carbocycles. The number of hydrogen-bond acceptors (Lipinski definition) is 10. The Morgan fingerprint density at radius 1 is 1.14 bits per heavy atom. The summed E-state index contributed by atoms with van der Waals surface area (Å²) in [7, 11) is 6.64. The quantitative estimate of drug-likeness (QED) is 0.184. The number of ketones is 2. The Labute approximate surface area is 207 Å². The summed E-state index contributed by atoms with van der Waals surface area (Å²) in [5, 5.41) is 44.2. The molecule has 0 spiro atoms. The number of rotatable bonds is 3. The van der Waals surface area contributed by atoms with Crippen molar-refractivity contribution in [1.82, 2.24) is 4.90 Å². The highest BCUT2D eigenvalue weighted by Crippen LogP contribution is 2.54. The van der Waals surface area contributed by atoms with E-state index in [9.17, 15) is 34.8 Å². The lowest BCUT2D eigenvalue weighted by Gasteiger charge is -2.50. The second-order valence-electron chi connectivity index (χ2n) is 9.54. The Balaban J connectivity index is 0.00000342. The molecule has 1 amide bonds. The number of phenols is 1. The lowest BCUT2D eigenvalue weighted by atomic mass is 9.57. The molecule has 3 aliphatic carbocycles. The summed E-state index contributed by atoms with van der Waals surface area (Å²) in [6.07, 6.45) is 0.236. The minimum atomic E-state index is -2.66. The van der Waals surface area contributed by atoms with Crippen molar-refractivity contribution < 1.29 is 34.8 Å². The number of aliphatic hydroxyl groups is 3. The molecule has 1 aromatic rings. The van der Waals surface area contributed by atoms with Crippen molar-refractivity contribution in [2.24, 2.45) is 17.6 Å². The third-order valence-electron chi connectivity index (χ3n) is 7.21. The zero-order chi connectivity index (χ0) is 25.4. The smallest absolute Gasteiger partial charge is 0.255 e. The summed E-state index contributed by atoms with van der Waals surface area (Å²) in [4.78, 5) is 42.0. The summed E-state index contributed by atoms with van der Waals surface area (Å²) in [6.45, 7) is 0. The Morgan fingerprint density at radius 2 is 1.74 bits per heavy atom. The monoisotopic (exact) mass is 508 g/mol. The molecule has 0 saturated heterocycles. The second kappa shape index (κ2) is 8.43. The molecular weight excluding hydrogens is 480 g/mol. The first-order chi connectivity index (χ1) is 15.7. The number of nitrogens with zero attached hydrogens (tertiary/aromatic N) is 2. The van der Waals surface area contributed by atoms with Gasteiger partial charge < -0.3 is 36.8 Å². The van der Waals surface area contributed by atoms with Gasteiger partial charge in [-0.05, 0) is 44.5 Å². The van der Waals surface area contributed by atoms with E-state index < -0.39 is 63.8 Å². The third kappa shape index (κ3) is 3.37. The van der Waals surface area contributed by atoms with E-state index in [1.54, 1.807) is 39.2 Å². The first kappa shape index (κ1) is 26.3. The van der Waals surface area contributed by atoms with E-state index in [0.29, 0.717) is 11.3 Å². The first-order valence-corrected chi connectivity index (χ1v) is 10.7. The Morgan fingerprint density at radius 3 is 2.26 bits per heavy atom. The van der Waals surface area contributed by atoms with Crippen LogP contribution in [0.25, 0.3) is 5.76 Å². The number of aromatic hydroxyl groups is 1. The van der Waals surface area contributed by atoms with Crippen molar-refractivity contribution in [1.29, 1.82) is 0 Å². The van der Waals surface area contributed by atoms with Gasteiger partial charge in [-0.1, -0.05) is 0 Å². The average molecular weight is 509 g/mol. The van der Waals surface area contributed by atoms with Gasteiger partial charge in [-0.2, -0.15) is 0 Å². The number of anilines is 2. The van der Waals surface area contributed by atoms with E-state index in [2.05, 4.69) is 0 Å². The van der Waals surface area contributed by atoms with E-state index >= 15 is 0 Å². The molecular formula is C23H29ClN4O7. The van der Waals surface area contributed by atoms with Crippen molar-refractivity contribution in [3.05, 3.63) is 34.1 Å². The number of fused-ring (bicyclic) bond motifs is 3. The fourth-order valence-corrected chi connectivity index (χ4v) is 5.71. The van der Waals surface area contributed by atoms with Gasteiger partial charge in [-0.3, -0.25) is 19.3 Å². The topological polar surface area (TPSA) is 191 Å². The highest BCUT2D eigenvalue weighted by Gasteiger charge is 2.64. The molecule has 1 fully saturated rings. The predicted molar refractivity (Wildman–Crippen MR) is 130 cm³/mol. The number of hydrogen-bond donors (Lipinski definition) is 6. The van der Waals surface area contributed by atoms with E-state index in [4.69, 9.17) is 11.5 Å². The van der Waals surface area contributed by atoms with Gasteiger partial charge in [0.2, 0.25) is 5.78 Å². The highest BCUT2D eigenvalue weighted by atomic mass is 35.5. The van der Waals surface area contributed by atoms with Crippen LogP contribution in [-0.2, 0) is 20.8 Å². The van der Waals surface area contributed by atoms with Crippen molar-refractivity contribution in [2.45, 2.75) is 24.5 Å². The van der Waals surface area contributed by atoms with Gasteiger partial charge in [0.15, 0.2) is 11.4 Å². The molecule has 0 aromatic heterocycles. The van der Waals surface area contributed by atoms with Crippen LogP contribution in [0, 0.1) is 11.8 Å². The van der Waals surface area contributed by atoms with Gasteiger partial charge >= 0.3 is 0 Å². The van der Waals surface area contributed by atoms with Crippen molar-refractivity contribution in [2.75, 3.05) is 38.8 Å². The summed E-state index contributed by atoms with van der Waals surface area (Å²) in [6, 6.07) is 0.444. The number of halogens is 1. The molecule has 1 saturated carbocycles. The van der Waals surface area contributed by atoms with Crippen LogP contribution in [0.5, 0.6) is 5.75 Å². The average Bonchev–Trinajstić information content (AvgIpc) is 2.72. The molecule has 3 aliphatic rings. The molecule has 11 nitrogen and oxygen atoms in total. The summed E-state index contributed by atoms with van der Waals surface area (Å²) in [5.74, 6) is -6.95. The second-order valence-corrected chi connectivity index (χ2v) is 9.54. The van der Waals surface area contributed by atoms with Gasteiger partial charge in [0, 0.05) is 31.3 Å². The van der Waals surface area contributed by atoms with Gasteiger partial charge in [0.05, 0.1) is 17.3 Å². The standard InChI is InChI=1S/C23H28N4O7.ClH/c1-26(2)12-7-11(24)17(28)14-9(12)5-8-6-10-16(27(3)4)19(30)15(22(25)33)21(32)23(10,34)20(31)13(8)18(14)29;/h7-8,10,16,28-29,32,34H,5-6,24H2,1-4H3,(H2,25,33);1H. The van der Waals surface area contributed by atoms with E-state index in [0.717, 1.165) is 0 Å². The molecule has 12 heteroatoms. The largest absolute Gasteiger partial charge is 0.508 e. The fraction of sp³-hybridized carbons (Fsp3) is 0.435. The van der Waals surface area contributed by atoms with E-state index in [1.807, 2.05) is 0 Å². The van der Waals surface area contributed by atoms with Crippen LogP contribution in [0.1, 0.15) is 17.5 Å². The molecule has 4 unspecified atom stereocenters. The Kier molecular flexibility index (Phi) is 6.34. The van der Waals surface area contributed by atoms with Gasteiger partial charge in [0.25, 0.3) is 5.91 Å². The molecule has 190 valence electrons. The number of carbonyl (C=O) groups is 3. The zero-order valence-electron chi connectivity index (χ0n) is 19.7. The van der Waals surface area contributed by atoms with E-state index in [1.165, 1.54) is 4.90 Å². The lowest BCUT2D eigenvalue weighted by molar-refractivity contribution is -0.153. The van der Waals surface area contributed by atoms with Gasteiger partial charge in [-0.15, -0.1) is 12.4 Å². The maximum atomic E-state index is 13.7. The number of Topliss-reactive ketones (excluding diaryl/α,β-unsaturated/α-hetero) is 2. The molecule has 0 heterocycles. The molecule has 0 bridgehead atoms. The van der Waals surface area contributed by atoms with Gasteiger partial charge in [-0.25, -0.2) is 0 Å². The number of nitrogen functional groups attached to an aromatic ring is 1. The molecule has 4 rings (SSSR count). The SMILES string of the molecule is CN(C)c1cc(N)c(O)c2c1CC1CC3C(N(C)C)C(=O)C(C(N)=O)=C(O)C3(O)C(=O)C1=C2O.Cl. The van der Waals surface area contributed by atoms with Crippen molar-refractivity contribution in [3.63, 3.8) is 0 Å². The van der Waals surface area contributed by atoms with Gasteiger partial charge in [0.1, 0.15) is 22.8 Å². The van der Waals surface area contributed by atoms with Crippen LogP contribution in [0.15, 0.2) is 23.0 Å². The van der Waals surface area contributed by atoms with Crippen LogP contribution >= 0.6 is 12.4 Å². The Bertz CT molecular complexity index is 1220. The van der Waals surface area contributed by atoms with Crippen LogP contribution in [0.4, 0.5) is 11.4 Å². The number of carbonyl (C=O) groups excluding carboxylic acids is 3. The van der Waals surface area contributed by atoms with Crippen LogP contribution in [-0.4, -0.2) is 82.6 Å².